The van der Waals surface area contributed by atoms with E-state index in [9.17, 15) is 14.4 Å². The third kappa shape index (κ3) is 5.44. The Bertz CT molecular complexity index is 1100. The lowest BCUT2D eigenvalue weighted by molar-refractivity contribution is -0.152. The van der Waals surface area contributed by atoms with Crippen LogP contribution in [0.4, 0.5) is 0 Å². The standard InChI is InChI=1S/C27H34ClN3O5/c1-16(2)30(3)19-9-10-22(20(15-19)27(34)35-4)31-14-13-21(26(31)33)29-25(32)24-12-11-23(36-24)17-5-7-18(28)8-6-17/h5-8,11-12,16,19-22H,9-10,13-15H2,1-4H3,(H,29,32)/t19-,20+,21+,22+/m1/s1. The molecule has 0 unspecified atom stereocenters. The second-order valence-corrected chi connectivity index (χ2v) is 10.4. The first-order valence-corrected chi connectivity index (χ1v) is 12.8. The molecule has 0 bridgehead atoms. The molecule has 2 aromatic rings. The Balaban J connectivity index is 1.41. The summed E-state index contributed by atoms with van der Waals surface area (Å²) in [6.45, 7) is 4.75. The van der Waals surface area contributed by atoms with E-state index >= 15 is 0 Å². The summed E-state index contributed by atoms with van der Waals surface area (Å²) < 4.78 is 10.8. The van der Waals surface area contributed by atoms with Crippen molar-refractivity contribution in [2.24, 2.45) is 5.92 Å². The summed E-state index contributed by atoms with van der Waals surface area (Å²) in [5.41, 5.74) is 0.800. The van der Waals surface area contributed by atoms with Gasteiger partial charge in [-0.2, -0.15) is 0 Å². The summed E-state index contributed by atoms with van der Waals surface area (Å²) in [7, 11) is 3.47. The monoisotopic (exact) mass is 515 g/mol. The van der Waals surface area contributed by atoms with Crippen molar-refractivity contribution >= 4 is 29.4 Å². The van der Waals surface area contributed by atoms with Gasteiger partial charge in [-0.05, 0) is 83.0 Å². The van der Waals surface area contributed by atoms with Crippen LogP contribution in [0, 0.1) is 5.92 Å². The fraction of sp³-hybridized carbons (Fsp3) is 0.519. The maximum absolute atomic E-state index is 13.3. The molecule has 9 heteroatoms. The Kier molecular flexibility index (Phi) is 8.05. The molecule has 194 valence electrons. The third-order valence-corrected chi connectivity index (χ3v) is 7.84. The van der Waals surface area contributed by atoms with Crippen LogP contribution in [0.5, 0.6) is 0 Å². The van der Waals surface area contributed by atoms with E-state index < -0.39 is 11.9 Å². The van der Waals surface area contributed by atoms with Crippen molar-refractivity contribution in [3.63, 3.8) is 0 Å². The summed E-state index contributed by atoms with van der Waals surface area (Å²) in [5, 5.41) is 3.43. The first kappa shape index (κ1) is 26.2. The molecule has 4 rings (SSSR count). The van der Waals surface area contributed by atoms with Gasteiger partial charge in [0.1, 0.15) is 11.8 Å². The highest BCUT2D eigenvalue weighted by Gasteiger charge is 2.45. The Labute approximate surface area is 216 Å². The number of carbonyl (C=O) groups excluding carboxylic acids is 3. The van der Waals surface area contributed by atoms with Gasteiger partial charge in [0.25, 0.3) is 5.91 Å². The molecule has 0 radical (unpaired) electrons. The van der Waals surface area contributed by atoms with E-state index in [1.807, 2.05) is 12.1 Å². The molecular formula is C27H34ClN3O5. The van der Waals surface area contributed by atoms with Gasteiger partial charge >= 0.3 is 5.97 Å². The van der Waals surface area contributed by atoms with Gasteiger partial charge in [0.15, 0.2) is 5.76 Å². The molecule has 1 aliphatic heterocycles. The van der Waals surface area contributed by atoms with Gasteiger partial charge in [0.2, 0.25) is 5.91 Å². The van der Waals surface area contributed by atoms with Gasteiger partial charge < -0.3 is 24.3 Å². The summed E-state index contributed by atoms with van der Waals surface area (Å²) >= 11 is 5.94. The van der Waals surface area contributed by atoms with Crippen LogP contribution in [-0.2, 0) is 14.3 Å². The number of nitrogens with one attached hydrogen (secondary N) is 1. The second kappa shape index (κ2) is 11.0. The Morgan fingerprint density at radius 2 is 1.86 bits per heavy atom. The maximum atomic E-state index is 13.3. The molecule has 1 saturated heterocycles. The van der Waals surface area contributed by atoms with Gasteiger partial charge in [0, 0.05) is 35.3 Å². The first-order chi connectivity index (χ1) is 17.2. The highest BCUT2D eigenvalue weighted by Crippen LogP contribution is 2.35. The van der Waals surface area contributed by atoms with Crippen molar-refractivity contribution in [1.29, 1.82) is 0 Å². The zero-order valence-electron chi connectivity index (χ0n) is 21.2. The van der Waals surface area contributed by atoms with Crippen molar-refractivity contribution in [3.8, 4) is 11.3 Å². The first-order valence-electron chi connectivity index (χ1n) is 12.5. The van der Waals surface area contributed by atoms with Crippen LogP contribution in [0.2, 0.25) is 5.02 Å². The highest BCUT2D eigenvalue weighted by atomic mass is 35.5. The van der Waals surface area contributed by atoms with Crippen molar-refractivity contribution in [3.05, 3.63) is 47.2 Å². The van der Waals surface area contributed by atoms with Gasteiger partial charge in [-0.15, -0.1) is 0 Å². The van der Waals surface area contributed by atoms with E-state index in [1.54, 1.807) is 29.2 Å². The molecule has 1 aromatic heterocycles. The number of esters is 1. The predicted molar refractivity (Wildman–Crippen MR) is 137 cm³/mol. The molecule has 2 aliphatic rings. The van der Waals surface area contributed by atoms with Crippen LogP contribution < -0.4 is 5.32 Å². The Morgan fingerprint density at radius 1 is 1.14 bits per heavy atom. The molecule has 4 atom stereocenters. The van der Waals surface area contributed by atoms with Gasteiger partial charge in [0.05, 0.1) is 13.0 Å². The average molecular weight is 516 g/mol. The van der Waals surface area contributed by atoms with E-state index in [1.165, 1.54) is 7.11 Å². The summed E-state index contributed by atoms with van der Waals surface area (Å²) in [6.07, 6.45) is 2.74. The average Bonchev–Trinajstić information content (AvgIpc) is 3.51. The van der Waals surface area contributed by atoms with Crippen LogP contribution in [-0.4, -0.2) is 72.5 Å². The lowest BCUT2D eigenvalue weighted by atomic mass is 9.80. The maximum Gasteiger partial charge on any atom is 0.310 e. The minimum Gasteiger partial charge on any atom is -0.469 e. The Hall–Kier alpha value is -2.84. The molecule has 1 aromatic carbocycles. The third-order valence-electron chi connectivity index (χ3n) is 7.58. The molecule has 8 nitrogen and oxygen atoms in total. The lowest BCUT2D eigenvalue weighted by Gasteiger charge is -2.43. The van der Waals surface area contributed by atoms with Gasteiger partial charge in [-0.25, -0.2) is 0 Å². The molecule has 2 heterocycles. The zero-order chi connectivity index (χ0) is 26.0. The summed E-state index contributed by atoms with van der Waals surface area (Å²) in [5.74, 6) is -0.603. The number of rotatable bonds is 7. The quantitative estimate of drug-likeness (QED) is 0.561. The predicted octanol–water partition coefficient (Wildman–Crippen LogP) is 3.98. The number of hydrogen-bond donors (Lipinski definition) is 1. The molecule has 1 saturated carbocycles. The number of nitrogens with zero attached hydrogens (tertiary/aromatic N) is 2. The minimum atomic E-state index is -0.657. The molecule has 2 fully saturated rings. The largest absolute Gasteiger partial charge is 0.469 e. The number of methoxy groups -OCH3 is 1. The van der Waals surface area contributed by atoms with Gasteiger partial charge in [-0.3, -0.25) is 14.4 Å². The SMILES string of the molecule is COC(=O)[C@H]1C[C@H](N(C)C(C)C)CC[C@@H]1N1CC[C@H](NC(=O)c2ccc(-c3ccc(Cl)cc3)o2)C1=O. The second-order valence-electron chi connectivity index (χ2n) is 9.94. The molecule has 1 N–H and O–H groups in total. The van der Waals surface area contributed by atoms with Crippen molar-refractivity contribution in [2.45, 2.75) is 63.7 Å². The molecular weight excluding hydrogens is 482 g/mol. The summed E-state index contributed by atoms with van der Waals surface area (Å²) in [4.78, 5) is 42.9. The van der Waals surface area contributed by atoms with Crippen LogP contribution in [0.1, 0.15) is 50.1 Å². The normalized spacial score (nSPS) is 24.4. The fourth-order valence-electron chi connectivity index (χ4n) is 5.33. The number of carbonyl (C=O) groups is 3. The van der Waals surface area contributed by atoms with Crippen molar-refractivity contribution in [2.75, 3.05) is 20.7 Å². The number of halogens is 1. The van der Waals surface area contributed by atoms with Crippen LogP contribution in [0.25, 0.3) is 11.3 Å². The van der Waals surface area contributed by atoms with Crippen LogP contribution in [0.15, 0.2) is 40.8 Å². The number of ether oxygens (including phenoxy) is 1. The number of amides is 2. The van der Waals surface area contributed by atoms with Crippen molar-refractivity contribution in [1.82, 2.24) is 15.1 Å². The molecule has 2 amide bonds. The van der Waals surface area contributed by atoms with E-state index in [0.29, 0.717) is 36.2 Å². The Morgan fingerprint density at radius 3 is 2.53 bits per heavy atom. The fourth-order valence-corrected chi connectivity index (χ4v) is 5.45. The van der Waals surface area contributed by atoms with E-state index in [2.05, 4.69) is 31.1 Å². The zero-order valence-corrected chi connectivity index (χ0v) is 22.0. The van der Waals surface area contributed by atoms with E-state index in [4.69, 9.17) is 20.8 Å². The number of furan rings is 1. The number of hydrogen-bond acceptors (Lipinski definition) is 6. The molecule has 0 spiro atoms. The van der Waals surface area contributed by atoms with Crippen molar-refractivity contribution < 1.29 is 23.5 Å². The molecule has 36 heavy (non-hydrogen) atoms. The van der Waals surface area contributed by atoms with E-state index in [0.717, 1.165) is 18.4 Å². The van der Waals surface area contributed by atoms with Gasteiger partial charge in [-0.1, -0.05) is 11.6 Å². The smallest absolute Gasteiger partial charge is 0.310 e. The highest BCUT2D eigenvalue weighted by molar-refractivity contribution is 6.30. The molecule has 1 aliphatic carbocycles. The topological polar surface area (TPSA) is 92.1 Å². The van der Waals surface area contributed by atoms with E-state index in [-0.39, 0.29) is 35.6 Å². The number of likely N-dealkylation sites (tertiary alicyclic amines) is 1. The van der Waals surface area contributed by atoms with Crippen LogP contribution in [0.3, 0.4) is 0 Å². The van der Waals surface area contributed by atoms with Crippen LogP contribution >= 0.6 is 11.6 Å². The minimum absolute atomic E-state index is 0.135. The summed E-state index contributed by atoms with van der Waals surface area (Å²) in [6, 6.07) is 10.2. The lowest BCUT2D eigenvalue weighted by Crippen LogP contribution is -2.53. The number of benzene rings is 1.